The van der Waals surface area contributed by atoms with E-state index in [0.29, 0.717) is 25.8 Å². The maximum absolute atomic E-state index is 10.2. The summed E-state index contributed by atoms with van der Waals surface area (Å²) in [7, 11) is 0. The normalized spacial score (nSPS) is 20.9. The summed E-state index contributed by atoms with van der Waals surface area (Å²) < 4.78 is 5.61. The van der Waals surface area contributed by atoms with Gasteiger partial charge in [0.25, 0.3) is 0 Å². The minimum atomic E-state index is -0.413. The van der Waals surface area contributed by atoms with Gasteiger partial charge in [0, 0.05) is 17.5 Å². The minimum absolute atomic E-state index is 0.407. The van der Waals surface area contributed by atoms with Crippen LogP contribution < -0.4 is 0 Å². The monoisotopic (exact) mass is 323 g/mol. The van der Waals surface area contributed by atoms with Gasteiger partial charge in [-0.15, -0.1) is 11.3 Å². The maximum Gasteiger partial charge on any atom is 0.0900 e. The van der Waals surface area contributed by atoms with Crippen LogP contribution in [0, 0.1) is 0 Å². The predicted octanol–water partition coefficient (Wildman–Crippen LogP) is 3.52. The standard InChI is InChI=1S/C16H21NO2S2/c18-14(10-19-11-15-3-2-7-21-15)9-17-6-1-4-16(17)13-5-8-20-12-13/h2-3,5,7-8,12,14,16,18H,1,4,6,9-11H2/t14-,16-/m0/s1. The summed E-state index contributed by atoms with van der Waals surface area (Å²) >= 11 is 3.44. The number of aliphatic hydroxyl groups is 1. The first-order valence-corrected chi connectivity index (χ1v) is 9.19. The molecule has 0 radical (unpaired) electrons. The minimum Gasteiger partial charge on any atom is -0.389 e. The maximum atomic E-state index is 10.2. The highest BCUT2D eigenvalue weighted by Gasteiger charge is 2.27. The number of nitrogens with zero attached hydrogens (tertiary/aromatic N) is 1. The quantitative estimate of drug-likeness (QED) is 0.846. The van der Waals surface area contributed by atoms with E-state index in [-0.39, 0.29) is 0 Å². The summed E-state index contributed by atoms with van der Waals surface area (Å²) in [6.07, 6.45) is 1.99. The molecule has 0 spiro atoms. The first-order valence-electron chi connectivity index (χ1n) is 7.37. The zero-order valence-electron chi connectivity index (χ0n) is 12.0. The van der Waals surface area contributed by atoms with E-state index in [2.05, 4.69) is 27.8 Å². The van der Waals surface area contributed by atoms with Crippen LogP contribution in [0.2, 0.25) is 0 Å². The fourth-order valence-corrected chi connectivity index (χ4v) is 4.25. The molecule has 2 atom stereocenters. The number of thiophene rings is 2. The lowest BCUT2D eigenvalue weighted by Crippen LogP contribution is -2.34. The molecule has 114 valence electrons. The van der Waals surface area contributed by atoms with Crippen molar-refractivity contribution in [1.82, 2.24) is 4.90 Å². The summed E-state index contributed by atoms with van der Waals surface area (Å²) in [5.41, 5.74) is 1.39. The van der Waals surface area contributed by atoms with Crippen molar-refractivity contribution in [2.45, 2.75) is 31.6 Å². The molecule has 0 unspecified atom stereocenters. The summed E-state index contributed by atoms with van der Waals surface area (Å²) in [6.45, 7) is 2.78. The van der Waals surface area contributed by atoms with Crippen molar-refractivity contribution in [2.24, 2.45) is 0 Å². The van der Waals surface area contributed by atoms with Gasteiger partial charge in [0.15, 0.2) is 0 Å². The molecule has 3 heterocycles. The molecule has 0 aliphatic carbocycles. The number of likely N-dealkylation sites (tertiary alicyclic amines) is 1. The van der Waals surface area contributed by atoms with E-state index in [9.17, 15) is 5.11 Å². The van der Waals surface area contributed by atoms with Gasteiger partial charge in [-0.25, -0.2) is 0 Å². The molecule has 1 fully saturated rings. The number of hydrogen-bond donors (Lipinski definition) is 1. The molecule has 1 aliphatic rings. The van der Waals surface area contributed by atoms with E-state index in [4.69, 9.17) is 4.74 Å². The Bertz CT molecular complexity index is 512. The van der Waals surface area contributed by atoms with Crippen LogP contribution >= 0.6 is 22.7 Å². The smallest absolute Gasteiger partial charge is 0.0900 e. The Morgan fingerprint density at radius 2 is 2.33 bits per heavy atom. The second-order valence-electron chi connectivity index (χ2n) is 5.46. The highest BCUT2D eigenvalue weighted by atomic mass is 32.1. The van der Waals surface area contributed by atoms with Crippen LogP contribution in [0.3, 0.4) is 0 Å². The molecule has 3 nitrogen and oxygen atoms in total. The van der Waals surface area contributed by atoms with Crippen molar-refractivity contribution in [3.8, 4) is 0 Å². The second-order valence-corrected chi connectivity index (χ2v) is 7.27. The lowest BCUT2D eigenvalue weighted by molar-refractivity contribution is 0.00850. The van der Waals surface area contributed by atoms with Crippen LogP contribution in [0.15, 0.2) is 34.3 Å². The van der Waals surface area contributed by atoms with Gasteiger partial charge in [-0.05, 0) is 53.2 Å². The molecule has 1 aliphatic heterocycles. The van der Waals surface area contributed by atoms with Gasteiger partial charge in [-0.1, -0.05) is 6.07 Å². The van der Waals surface area contributed by atoms with E-state index in [1.807, 2.05) is 11.4 Å². The second kappa shape index (κ2) is 7.51. The van der Waals surface area contributed by atoms with Crippen LogP contribution in [0.25, 0.3) is 0 Å². The molecule has 5 heteroatoms. The van der Waals surface area contributed by atoms with E-state index < -0.39 is 6.10 Å². The molecule has 0 amide bonds. The largest absolute Gasteiger partial charge is 0.389 e. The van der Waals surface area contributed by atoms with Gasteiger partial charge in [0.05, 0.1) is 19.3 Å². The van der Waals surface area contributed by atoms with Crippen LogP contribution in [0.5, 0.6) is 0 Å². The first-order chi connectivity index (χ1) is 10.3. The molecule has 0 bridgehead atoms. The molecule has 21 heavy (non-hydrogen) atoms. The Morgan fingerprint density at radius 3 is 3.10 bits per heavy atom. The van der Waals surface area contributed by atoms with E-state index in [1.165, 1.54) is 23.3 Å². The van der Waals surface area contributed by atoms with Crippen molar-refractivity contribution < 1.29 is 9.84 Å². The zero-order valence-corrected chi connectivity index (χ0v) is 13.6. The zero-order chi connectivity index (χ0) is 14.5. The van der Waals surface area contributed by atoms with Crippen LogP contribution in [0.1, 0.15) is 29.3 Å². The van der Waals surface area contributed by atoms with Crippen molar-refractivity contribution in [2.75, 3.05) is 19.7 Å². The van der Waals surface area contributed by atoms with Crippen LogP contribution in [0.4, 0.5) is 0 Å². The van der Waals surface area contributed by atoms with Gasteiger partial charge in [-0.3, -0.25) is 4.90 Å². The molecule has 2 aromatic heterocycles. The fourth-order valence-electron chi connectivity index (χ4n) is 2.90. The molecule has 0 aromatic carbocycles. The summed E-state index contributed by atoms with van der Waals surface area (Å²) in [6, 6.07) is 6.76. The topological polar surface area (TPSA) is 32.7 Å². The molecule has 3 rings (SSSR count). The molecule has 1 N–H and O–H groups in total. The summed E-state index contributed by atoms with van der Waals surface area (Å²) in [5, 5.41) is 16.6. The molecular weight excluding hydrogens is 302 g/mol. The number of hydrogen-bond acceptors (Lipinski definition) is 5. The third kappa shape index (κ3) is 4.14. The van der Waals surface area contributed by atoms with Gasteiger partial charge < -0.3 is 9.84 Å². The SMILES string of the molecule is O[C@H](COCc1cccs1)CN1CCC[C@H]1c1ccsc1. The first kappa shape index (κ1) is 15.2. The number of β-amino-alcohol motifs (C(OH)–C–C–N with tert-alkyl or cyclic N) is 1. The van der Waals surface area contributed by atoms with Crippen LogP contribution in [-0.2, 0) is 11.3 Å². The lowest BCUT2D eigenvalue weighted by Gasteiger charge is -2.26. The Balaban J connectivity index is 1.44. The number of rotatable bonds is 7. The van der Waals surface area contributed by atoms with Crippen molar-refractivity contribution >= 4 is 22.7 Å². The Hall–Kier alpha value is -0.720. The van der Waals surface area contributed by atoms with Crippen molar-refractivity contribution in [3.05, 3.63) is 44.8 Å². The fraction of sp³-hybridized carbons (Fsp3) is 0.500. The van der Waals surface area contributed by atoms with Gasteiger partial charge in [-0.2, -0.15) is 11.3 Å². The average molecular weight is 323 g/mol. The van der Waals surface area contributed by atoms with Gasteiger partial charge >= 0.3 is 0 Å². The van der Waals surface area contributed by atoms with Crippen LogP contribution in [-0.4, -0.2) is 35.8 Å². The number of aliphatic hydroxyl groups excluding tert-OH is 1. The van der Waals surface area contributed by atoms with Gasteiger partial charge in [0.2, 0.25) is 0 Å². The third-order valence-corrected chi connectivity index (χ3v) is 5.42. The predicted molar refractivity (Wildman–Crippen MR) is 87.8 cm³/mol. The van der Waals surface area contributed by atoms with Gasteiger partial charge in [0.1, 0.15) is 0 Å². The van der Waals surface area contributed by atoms with Crippen molar-refractivity contribution in [1.29, 1.82) is 0 Å². The lowest BCUT2D eigenvalue weighted by atomic mass is 10.1. The highest BCUT2D eigenvalue weighted by Crippen LogP contribution is 2.32. The summed E-state index contributed by atoms with van der Waals surface area (Å²) in [5.74, 6) is 0. The van der Waals surface area contributed by atoms with Crippen molar-refractivity contribution in [3.63, 3.8) is 0 Å². The Labute approximate surface area is 133 Å². The van der Waals surface area contributed by atoms with E-state index >= 15 is 0 Å². The molecule has 1 saturated heterocycles. The van der Waals surface area contributed by atoms with E-state index in [1.54, 1.807) is 22.7 Å². The summed E-state index contributed by atoms with van der Waals surface area (Å²) in [4.78, 5) is 3.60. The number of ether oxygens (including phenoxy) is 1. The molecule has 2 aromatic rings. The molecule has 0 saturated carbocycles. The molecular formula is C16H21NO2S2. The Kier molecular flexibility index (Phi) is 5.43. The third-order valence-electron chi connectivity index (χ3n) is 3.87. The average Bonchev–Trinajstić information content (AvgIpc) is 3.20. The Morgan fingerprint density at radius 1 is 1.38 bits per heavy atom. The van der Waals surface area contributed by atoms with E-state index in [0.717, 1.165) is 6.54 Å². The highest BCUT2D eigenvalue weighted by molar-refractivity contribution is 7.09.